The normalized spacial score (nSPS) is 11.2. The van der Waals surface area contributed by atoms with Gasteiger partial charge in [-0.25, -0.2) is 10.4 Å². The van der Waals surface area contributed by atoms with Crippen LogP contribution in [0.5, 0.6) is 5.75 Å². The van der Waals surface area contributed by atoms with Gasteiger partial charge in [-0.1, -0.05) is 47.6 Å². The Labute approximate surface area is 192 Å². The highest BCUT2D eigenvalue weighted by Gasteiger charge is 2.14. The van der Waals surface area contributed by atoms with E-state index in [-0.39, 0.29) is 23.0 Å². The molecule has 7 nitrogen and oxygen atoms in total. The predicted molar refractivity (Wildman–Crippen MR) is 127 cm³/mol. The molecule has 0 aliphatic carbocycles. The number of hydrazone groups is 1. The number of carbonyl (C=O) groups excluding carboxylic acids is 1. The van der Waals surface area contributed by atoms with Gasteiger partial charge in [0.25, 0.3) is 11.5 Å². The number of fused-ring (bicyclic) bond motifs is 1. The van der Waals surface area contributed by atoms with Crippen molar-refractivity contribution >= 4 is 46.4 Å². The van der Waals surface area contributed by atoms with E-state index in [0.717, 1.165) is 11.8 Å². The van der Waals surface area contributed by atoms with Crippen molar-refractivity contribution in [3.8, 4) is 11.4 Å². The Balaban J connectivity index is 1.56. The quantitative estimate of drug-likeness (QED) is 0.195. The molecule has 1 amide bonds. The van der Waals surface area contributed by atoms with Gasteiger partial charge in [0.05, 0.1) is 28.6 Å². The van der Waals surface area contributed by atoms with Crippen LogP contribution in [-0.2, 0) is 4.79 Å². The van der Waals surface area contributed by atoms with E-state index >= 15 is 0 Å². The number of hydrogen-bond acceptors (Lipinski definition) is 6. The van der Waals surface area contributed by atoms with Crippen molar-refractivity contribution in [3.63, 3.8) is 0 Å². The zero-order valence-electron chi connectivity index (χ0n) is 16.6. The second-order valence-corrected chi connectivity index (χ2v) is 8.08. The first kappa shape index (κ1) is 21.6. The number of phenols is 1. The average Bonchev–Trinajstić information content (AvgIpc) is 2.79. The first-order valence-corrected chi connectivity index (χ1v) is 10.9. The number of nitrogens with one attached hydrogen (secondary N) is 1. The van der Waals surface area contributed by atoms with Crippen molar-refractivity contribution in [2.75, 3.05) is 5.75 Å². The van der Waals surface area contributed by atoms with Crippen LogP contribution in [-0.4, -0.2) is 32.5 Å². The van der Waals surface area contributed by atoms with E-state index in [2.05, 4.69) is 15.5 Å². The van der Waals surface area contributed by atoms with Crippen molar-refractivity contribution in [2.24, 2.45) is 5.10 Å². The summed E-state index contributed by atoms with van der Waals surface area (Å²) in [6, 6.07) is 20.4. The molecule has 1 heterocycles. The lowest BCUT2D eigenvalue weighted by molar-refractivity contribution is -0.118. The molecule has 0 saturated heterocycles. The molecule has 32 heavy (non-hydrogen) atoms. The standard InChI is InChI=1S/C23H17ClN4O3S/c24-16-8-10-17(11-9-16)28-22(31)19-6-1-2-7-20(19)26-23(28)32-14-21(30)27-25-13-15-4-3-5-18(29)12-15/h1-13,29H,14H2,(H,27,30)/b25-13+. The van der Waals surface area contributed by atoms with Crippen LogP contribution in [0.2, 0.25) is 5.02 Å². The van der Waals surface area contributed by atoms with Gasteiger partial charge in [0.1, 0.15) is 5.75 Å². The van der Waals surface area contributed by atoms with Gasteiger partial charge in [0, 0.05) is 5.02 Å². The minimum Gasteiger partial charge on any atom is -0.508 e. The Hall–Kier alpha value is -3.62. The molecule has 0 aliphatic rings. The van der Waals surface area contributed by atoms with E-state index in [0.29, 0.717) is 32.3 Å². The van der Waals surface area contributed by atoms with Crippen molar-refractivity contribution in [2.45, 2.75) is 5.16 Å². The number of halogens is 1. The third kappa shape index (κ3) is 4.99. The number of hydrogen-bond donors (Lipinski definition) is 2. The molecule has 0 unspecified atom stereocenters. The van der Waals surface area contributed by atoms with E-state index < -0.39 is 0 Å². The van der Waals surface area contributed by atoms with Crippen LogP contribution in [0, 0.1) is 0 Å². The van der Waals surface area contributed by atoms with Gasteiger partial charge in [0.2, 0.25) is 0 Å². The van der Waals surface area contributed by atoms with E-state index in [1.807, 2.05) is 0 Å². The lowest BCUT2D eigenvalue weighted by Gasteiger charge is -2.13. The number of thioether (sulfide) groups is 1. The van der Waals surface area contributed by atoms with Crippen LogP contribution >= 0.6 is 23.4 Å². The number of para-hydroxylation sites is 1. The number of phenolic OH excluding ortho intramolecular Hbond substituents is 1. The molecule has 3 aromatic carbocycles. The summed E-state index contributed by atoms with van der Waals surface area (Å²) in [4.78, 5) is 30.0. The molecule has 0 radical (unpaired) electrons. The minimum atomic E-state index is -0.364. The fourth-order valence-electron chi connectivity index (χ4n) is 2.97. The van der Waals surface area contributed by atoms with E-state index in [1.165, 1.54) is 16.8 Å². The molecule has 1 aromatic heterocycles. The largest absolute Gasteiger partial charge is 0.508 e. The van der Waals surface area contributed by atoms with Crippen molar-refractivity contribution in [1.29, 1.82) is 0 Å². The molecular weight excluding hydrogens is 448 g/mol. The Morgan fingerprint density at radius 1 is 1.12 bits per heavy atom. The molecule has 2 N–H and O–H groups in total. The van der Waals surface area contributed by atoms with E-state index in [4.69, 9.17) is 11.6 Å². The SMILES string of the molecule is O=C(CSc1nc2ccccc2c(=O)n1-c1ccc(Cl)cc1)N/N=C/c1cccc(O)c1. The van der Waals surface area contributed by atoms with Gasteiger partial charge in [-0.3, -0.25) is 14.2 Å². The van der Waals surface area contributed by atoms with Crippen molar-refractivity contribution in [1.82, 2.24) is 15.0 Å². The number of benzene rings is 3. The monoisotopic (exact) mass is 464 g/mol. The number of rotatable bonds is 6. The van der Waals surface area contributed by atoms with Crippen LogP contribution in [0.15, 0.2) is 87.8 Å². The van der Waals surface area contributed by atoms with Gasteiger partial charge >= 0.3 is 0 Å². The number of aromatic hydroxyl groups is 1. The van der Waals surface area contributed by atoms with Crippen LogP contribution in [0.25, 0.3) is 16.6 Å². The summed E-state index contributed by atoms with van der Waals surface area (Å²) in [5.74, 6) is -0.259. The first-order valence-electron chi connectivity index (χ1n) is 9.53. The van der Waals surface area contributed by atoms with Gasteiger partial charge in [-0.15, -0.1) is 0 Å². The van der Waals surface area contributed by atoms with Gasteiger partial charge in [0.15, 0.2) is 5.16 Å². The summed E-state index contributed by atoms with van der Waals surface area (Å²) in [5, 5.41) is 14.8. The second-order valence-electron chi connectivity index (χ2n) is 6.71. The smallest absolute Gasteiger partial charge is 0.266 e. The summed E-state index contributed by atoms with van der Waals surface area (Å²) < 4.78 is 1.46. The lowest BCUT2D eigenvalue weighted by Crippen LogP contribution is -2.24. The van der Waals surface area contributed by atoms with Gasteiger partial charge in [-0.05, 0) is 54.1 Å². The summed E-state index contributed by atoms with van der Waals surface area (Å²) in [6.07, 6.45) is 1.43. The molecule has 0 bridgehead atoms. The molecule has 160 valence electrons. The minimum absolute atomic E-state index is 0.00422. The second kappa shape index (κ2) is 9.67. The molecule has 4 aromatic rings. The Morgan fingerprint density at radius 3 is 2.69 bits per heavy atom. The van der Waals surface area contributed by atoms with Crippen molar-refractivity contribution < 1.29 is 9.90 Å². The Bertz CT molecular complexity index is 1370. The fraction of sp³-hybridized carbons (Fsp3) is 0.0435. The van der Waals surface area contributed by atoms with E-state index in [9.17, 15) is 14.7 Å². The summed E-state index contributed by atoms with van der Waals surface area (Å²) in [7, 11) is 0. The van der Waals surface area contributed by atoms with Crippen LogP contribution < -0.4 is 11.0 Å². The number of nitrogens with zero attached hydrogens (tertiary/aromatic N) is 3. The number of carbonyl (C=O) groups is 1. The highest BCUT2D eigenvalue weighted by atomic mass is 35.5. The number of amides is 1. The lowest BCUT2D eigenvalue weighted by atomic mass is 10.2. The van der Waals surface area contributed by atoms with Crippen LogP contribution in [0.1, 0.15) is 5.56 Å². The van der Waals surface area contributed by atoms with E-state index in [1.54, 1.807) is 66.7 Å². The summed E-state index contributed by atoms with van der Waals surface area (Å²) >= 11 is 7.11. The fourth-order valence-corrected chi connectivity index (χ4v) is 3.90. The molecule has 0 spiro atoms. The number of aromatic nitrogens is 2. The molecule has 0 aliphatic heterocycles. The highest BCUT2D eigenvalue weighted by molar-refractivity contribution is 7.99. The molecule has 0 saturated carbocycles. The first-order chi connectivity index (χ1) is 15.5. The highest BCUT2D eigenvalue weighted by Crippen LogP contribution is 2.22. The molecule has 9 heteroatoms. The van der Waals surface area contributed by atoms with Crippen molar-refractivity contribution in [3.05, 3.63) is 93.7 Å². The Morgan fingerprint density at radius 2 is 1.91 bits per heavy atom. The Kier molecular flexibility index (Phi) is 6.53. The zero-order chi connectivity index (χ0) is 22.5. The van der Waals surface area contributed by atoms with Crippen LogP contribution in [0.3, 0.4) is 0 Å². The molecule has 0 atom stereocenters. The molecule has 0 fully saturated rings. The predicted octanol–water partition coefficient (Wildman–Crippen LogP) is 3.99. The topological polar surface area (TPSA) is 96.6 Å². The third-order valence-corrected chi connectivity index (χ3v) is 5.63. The average molecular weight is 465 g/mol. The van der Waals surface area contributed by atoms with Crippen LogP contribution in [0.4, 0.5) is 0 Å². The summed E-state index contributed by atoms with van der Waals surface area (Å²) in [5.41, 5.74) is 3.99. The zero-order valence-corrected chi connectivity index (χ0v) is 18.2. The maximum Gasteiger partial charge on any atom is 0.266 e. The third-order valence-electron chi connectivity index (χ3n) is 4.44. The summed E-state index contributed by atoms with van der Waals surface area (Å²) in [6.45, 7) is 0. The maximum absolute atomic E-state index is 13.2. The molecule has 4 rings (SSSR count). The molecular formula is C23H17ClN4O3S. The maximum atomic E-state index is 13.2. The van der Waals surface area contributed by atoms with Gasteiger partial charge in [-0.2, -0.15) is 5.10 Å². The van der Waals surface area contributed by atoms with Gasteiger partial charge < -0.3 is 5.11 Å².